The normalized spacial score (nSPS) is 14.9. The minimum atomic E-state index is -1.24. The maximum absolute atomic E-state index is 13.0. The van der Waals surface area contributed by atoms with E-state index in [2.05, 4.69) is 5.32 Å². The van der Waals surface area contributed by atoms with Gasteiger partial charge in [-0.05, 0) is 48.5 Å². The van der Waals surface area contributed by atoms with Crippen LogP contribution < -0.4 is 10.2 Å². The Morgan fingerprint density at radius 2 is 1.58 bits per heavy atom. The number of carbonyl (C=O) groups excluding carboxylic acids is 2. The average molecular weight is 395 g/mol. The molecule has 2 amide bonds. The summed E-state index contributed by atoms with van der Waals surface area (Å²) in [6.45, 7) is 0.0761. The second-order valence-electron chi connectivity index (χ2n) is 5.76. The number of esters is 1. The summed E-state index contributed by atoms with van der Waals surface area (Å²) in [5, 5.41) is 3.84. The predicted octanol–water partition coefficient (Wildman–Crippen LogP) is 3.97. The topological polar surface area (TPSA) is 67.9 Å². The lowest BCUT2D eigenvalue weighted by molar-refractivity contribution is -0.164. The van der Waals surface area contributed by atoms with Gasteiger partial charge >= 0.3 is 12.0 Å². The first-order chi connectivity index (χ1) is 12.5. The van der Waals surface area contributed by atoms with E-state index < -0.39 is 17.5 Å². The zero-order valence-corrected chi connectivity index (χ0v) is 15.4. The van der Waals surface area contributed by atoms with Crippen molar-refractivity contribution in [2.24, 2.45) is 0 Å². The van der Waals surface area contributed by atoms with Gasteiger partial charge in [0.2, 0.25) is 0 Å². The van der Waals surface area contributed by atoms with Gasteiger partial charge in [0, 0.05) is 21.4 Å². The van der Waals surface area contributed by atoms with E-state index in [4.69, 9.17) is 32.7 Å². The van der Waals surface area contributed by atoms with Gasteiger partial charge in [-0.25, -0.2) is 9.59 Å². The molecule has 1 aliphatic rings. The number of benzene rings is 2. The molecule has 8 heteroatoms. The summed E-state index contributed by atoms with van der Waals surface area (Å²) in [5.41, 5.74) is -0.202. The highest BCUT2D eigenvalue weighted by atomic mass is 35.5. The first kappa shape index (κ1) is 18.5. The van der Waals surface area contributed by atoms with Crippen molar-refractivity contribution in [1.29, 1.82) is 0 Å². The van der Waals surface area contributed by atoms with Crippen LogP contribution in [0.3, 0.4) is 0 Å². The van der Waals surface area contributed by atoms with E-state index in [9.17, 15) is 9.59 Å². The van der Waals surface area contributed by atoms with Crippen molar-refractivity contribution < 1.29 is 19.1 Å². The van der Waals surface area contributed by atoms with Gasteiger partial charge in [0.05, 0.1) is 20.3 Å². The molecule has 26 heavy (non-hydrogen) atoms. The minimum absolute atomic E-state index is 0.0380. The van der Waals surface area contributed by atoms with Gasteiger partial charge in [-0.15, -0.1) is 0 Å². The number of methoxy groups -OCH3 is 1. The Balaban J connectivity index is 1.97. The number of amides is 2. The van der Waals surface area contributed by atoms with Crippen molar-refractivity contribution >= 4 is 46.6 Å². The molecule has 1 saturated heterocycles. The standard InChI is InChI=1S/C18H16Cl2N2O4/c1-25-16(23)18(10-26-11-18)22(15-8-4-13(20)5-9-15)17(24)21-14-6-2-12(19)3-7-14/h2-9H,10-11H2,1H3,(H,21,24). The molecule has 0 spiro atoms. The van der Waals surface area contributed by atoms with E-state index in [1.165, 1.54) is 12.0 Å². The highest BCUT2D eigenvalue weighted by molar-refractivity contribution is 6.31. The van der Waals surface area contributed by atoms with Gasteiger partial charge in [0.25, 0.3) is 0 Å². The van der Waals surface area contributed by atoms with E-state index in [1.807, 2.05) is 0 Å². The molecular weight excluding hydrogens is 379 g/mol. The number of rotatable bonds is 4. The maximum Gasteiger partial charge on any atom is 0.337 e. The summed E-state index contributed by atoms with van der Waals surface area (Å²) in [4.78, 5) is 26.8. The second kappa shape index (κ2) is 7.53. The lowest BCUT2D eigenvalue weighted by atomic mass is 9.94. The molecule has 6 nitrogen and oxygen atoms in total. The number of hydrogen-bond donors (Lipinski definition) is 1. The Morgan fingerprint density at radius 1 is 1.04 bits per heavy atom. The Labute approximate surface area is 160 Å². The van der Waals surface area contributed by atoms with E-state index in [0.717, 1.165) is 0 Å². The Morgan fingerprint density at radius 3 is 2.04 bits per heavy atom. The van der Waals surface area contributed by atoms with Gasteiger partial charge in [-0.2, -0.15) is 0 Å². The summed E-state index contributed by atoms with van der Waals surface area (Å²) in [7, 11) is 1.28. The molecule has 0 saturated carbocycles. The number of nitrogens with one attached hydrogen (secondary N) is 1. The molecule has 1 fully saturated rings. The fourth-order valence-corrected chi connectivity index (χ4v) is 2.94. The number of halogens is 2. The fraction of sp³-hybridized carbons (Fsp3) is 0.222. The Bertz CT molecular complexity index is 805. The Hall–Kier alpha value is -2.28. The number of hydrogen-bond acceptors (Lipinski definition) is 4. The van der Waals surface area contributed by atoms with Crippen LogP contribution in [0.2, 0.25) is 10.0 Å². The summed E-state index contributed by atoms with van der Waals surface area (Å²) >= 11 is 11.8. The molecule has 0 unspecified atom stereocenters. The summed E-state index contributed by atoms with van der Waals surface area (Å²) in [6, 6.07) is 12.8. The highest BCUT2D eigenvalue weighted by Crippen LogP contribution is 2.33. The van der Waals surface area contributed by atoms with Crippen molar-refractivity contribution in [1.82, 2.24) is 0 Å². The lowest BCUT2D eigenvalue weighted by Crippen LogP contribution is -2.70. The predicted molar refractivity (Wildman–Crippen MR) is 100.0 cm³/mol. The van der Waals surface area contributed by atoms with Crippen molar-refractivity contribution in [3.05, 3.63) is 58.6 Å². The first-order valence-corrected chi connectivity index (χ1v) is 8.50. The largest absolute Gasteiger partial charge is 0.467 e. The summed E-state index contributed by atoms with van der Waals surface area (Å²) in [6.07, 6.45) is 0. The van der Waals surface area contributed by atoms with Gasteiger partial charge in [0.1, 0.15) is 0 Å². The van der Waals surface area contributed by atoms with Gasteiger partial charge in [0.15, 0.2) is 5.54 Å². The first-order valence-electron chi connectivity index (χ1n) is 7.75. The van der Waals surface area contributed by atoms with Crippen LogP contribution in [0.5, 0.6) is 0 Å². The molecule has 0 atom stereocenters. The molecule has 0 aliphatic carbocycles. The zero-order valence-electron chi connectivity index (χ0n) is 13.9. The second-order valence-corrected chi connectivity index (χ2v) is 6.64. The van der Waals surface area contributed by atoms with Crippen molar-refractivity contribution in [3.63, 3.8) is 0 Å². The summed E-state index contributed by atoms with van der Waals surface area (Å²) in [5.74, 6) is -0.551. The van der Waals surface area contributed by atoms with Crippen LogP contribution in [-0.4, -0.2) is 37.9 Å². The molecule has 2 aromatic rings. The van der Waals surface area contributed by atoms with E-state index in [0.29, 0.717) is 21.4 Å². The molecule has 1 N–H and O–H groups in total. The van der Waals surface area contributed by atoms with Crippen molar-refractivity contribution in [2.75, 3.05) is 30.5 Å². The van der Waals surface area contributed by atoms with Crippen molar-refractivity contribution in [2.45, 2.75) is 5.54 Å². The number of carbonyl (C=O) groups is 2. The minimum Gasteiger partial charge on any atom is -0.467 e. The molecule has 0 bridgehead atoms. The van der Waals surface area contributed by atoms with Crippen LogP contribution in [-0.2, 0) is 14.3 Å². The van der Waals surface area contributed by atoms with Crippen LogP contribution in [0.25, 0.3) is 0 Å². The Kier molecular flexibility index (Phi) is 5.36. The number of urea groups is 1. The van der Waals surface area contributed by atoms with E-state index >= 15 is 0 Å². The maximum atomic E-state index is 13.0. The molecule has 3 rings (SSSR count). The van der Waals surface area contributed by atoms with Crippen LogP contribution in [0.1, 0.15) is 0 Å². The lowest BCUT2D eigenvalue weighted by Gasteiger charge is -2.46. The highest BCUT2D eigenvalue weighted by Gasteiger charge is 2.55. The van der Waals surface area contributed by atoms with Crippen LogP contribution in [0.4, 0.5) is 16.2 Å². The van der Waals surface area contributed by atoms with E-state index in [1.54, 1.807) is 48.5 Å². The van der Waals surface area contributed by atoms with Crippen molar-refractivity contribution in [3.8, 4) is 0 Å². The smallest absolute Gasteiger partial charge is 0.337 e. The molecule has 136 valence electrons. The molecule has 0 radical (unpaired) electrons. The van der Waals surface area contributed by atoms with Gasteiger partial charge in [-0.3, -0.25) is 4.90 Å². The molecule has 0 aromatic heterocycles. The van der Waals surface area contributed by atoms with Gasteiger partial charge in [-0.1, -0.05) is 23.2 Å². The zero-order chi connectivity index (χ0) is 18.7. The SMILES string of the molecule is COC(=O)C1(N(C(=O)Nc2ccc(Cl)cc2)c2ccc(Cl)cc2)COC1. The molecule has 1 heterocycles. The van der Waals surface area contributed by atoms with Gasteiger partial charge < -0.3 is 14.8 Å². The third kappa shape index (κ3) is 3.49. The molecule has 2 aromatic carbocycles. The van der Waals surface area contributed by atoms with Crippen LogP contribution in [0, 0.1) is 0 Å². The molecule has 1 aliphatic heterocycles. The summed E-state index contributed by atoms with van der Waals surface area (Å²) < 4.78 is 10.2. The third-order valence-corrected chi connectivity index (χ3v) is 4.56. The third-order valence-electron chi connectivity index (χ3n) is 4.06. The monoisotopic (exact) mass is 394 g/mol. The quantitative estimate of drug-likeness (QED) is 0.796. The number of nitrogens with zero attached hydrogens (tertiary/aromatic N) is 1. The fourth-order valence-electron chi connectivity index (χ4n) is 2.69. The van der Waals surface area contributed by atoms with E-state index in [-0.39, 0.29) is 13.2 Å². The molecular formula is C18H16Cl2N2O4. The number of anilines is 2. The van der Waals surface area contributed by atoms with Crippen LogP contribution >= 0.6 is 23.2 Å². The average Bonchev–Trinajstić information content (AvgIpc) is 2.60. The number of ether oxygens (including phenoxy) is 2. The van der Waals surface area contributed by atoms with Crippen LogP contribution in [0.15, 0.2) is 48.5 Å².